The molecule has 2 aliphatic heterocycles. The Hall–Kier alpha value is -3.17. The molecule has 2 amide bonds. The number of nitrogens with zero attached hydrogens (tertiary/aromatic N) is 3. The van der Waals surface area contributed by atoms with Gasteiger partial charge in [-0.1, -0.05) is 5.16 Å². The van der Waals surface area contributed by atoms with Crippen LogP contribution in [0.15, 0.2) is 21.8 Å². The maximum atomic E-state index is 12.7. The van der Waals surface area contributed by atoms with Crippen LogP contribution in [-0.4, -0.2) is 87.1 Å². The number of ether oxygens (including phenoxy) is 1. The number of nitrogens with one attached hydrogen (secondary N) is 1. The van der Waals surface area contributed by atoms with Gasteiger partial charge in [-0.15, -0.1) is 23.1 Å². The molecule has 1 aromatic rings. The number of aliphatic carboxylic acids is 1. The van der Waals surface area contributed by atoms with Crippen LogP contribution in [0, 0.1) is 0 Å². The third kappa shape index (κ3) is 6.00. The number of esters is 1. The molecule has 0 aliphatic carbocycles. The van der Waals surface area contributed by atoms with Gasteiger partial charge in [-0.05, 0) is 6.92 Å². The molecule has 5 N–H and O–H groups in total. The SMILES string of the molecule is CCO.CON=C(C(=O)N[C@@H]1C(=O)N2C(C(=O)O)=C(COC(C)=O)CS[C@H]12)c1csc(N)n1. The zero-order valence-electron chi connectivity index (χ0n) is 17.9. The van der Waals surface area contributed by atoms with Gasteiger partial charge in [0.15, 0.2) is 10.8 Å². The number of aromatic nitrogens is 1. The summed E-state index contributed by atoms with van der Waals surface area (Å²) in [6, 6.07) is -0.967. The van der Waals surface area contributed by atoms with E-state index < -0.39 is 35.2 Å². The summed E-state index contributed by atoms with van der Waals surface area (Å²) in [7, 11) is 1.25. The molecule has 33 heavy (non-hydrogen) atoms. The van der Waals surface area contributed by atoms with Crippen LogP contribution in [0.25, 0.3) is 0 Å². The van der Waals surface area contributed by atoms with Crippen molar-refractivity contribution in [2.75, 3.05) is 31.8 Å². The molecule has 180 valence electrons. The van der Waals surface area contributed by atoms with Gasteiger partial charge in [0.2, 0.25) is 0 Å². The Balaban J connectivity index is 0.00000122. The smallest absolute Gasteiger partial charge is 0.352 e. The molecule has 0 saturated carbocycles. The van der Waals surface area contributed by atoms with Crippen LogP contribution < -0.4 is 11.1 Å². The number of thiazole rings is 1. The number of β-lactam (4-membered cyclic amide) rings is 1. The molecule has 0 bridgehead atoms. The number of carboxylic acids is 1. The number of aliphatic hydroxyl groups excluding tert-OH is 1. The number of aliphatic hydroxyl groups is 1. The van der Waals surface area contributed by atoms with Crippen molar-refractivity contribution in [3.8, 4) is 0 Å². The lowest BCUT2D eigenvalue weighted by molar-refractivity contribution is -0.150. The van der Waals surface area contributed by atoms with Crippen molar-refractivity contribution >= 4 is 57.7 Å². The average Bonchev–Trinajstić information content (AvgIpc) is 3.19. The van der Waals surface area contributed by atoms with E-state index in [1.165, 1.54) is 31.2 Å². The Bertz CT molecular complexity index is 992. The van der Waals surface area contributed by atoms with Crippen LogP contribution >= 0.6 is 23.1 Å². The first-order valence-electron chi connectivity index (χ1n) is 9.43. The third-order valence-electron chi connectivity index (χ3n) is 4.15. The number of amides is 2. The summed E-state index contributed by atoms with van der Waals surface area (Å²) in [6.07, 6.45) is 0. The standard InChI is InChI=1S/C16H17N5O7S2.C2H6O/c1-6(22)28-3-7-4-29-14-10(13(24)21(14)11(7)15(25)26)19-12(23)9(20-27-2)8-5-30-16(17)18-8;1-2-3/h5,10,14H,3-4H2,1-2H3,(H2,17,18)(H,19,23)(H,25,26);3H,2H2,1H3/t10-,14-;/m1./s1. The molecule has 1 aromatic heterocycles. The van der Waals surface area contributed by atoms with Crippen LogP contribution in [0.2, 0.25) is 0 Å². The highest BCUT2D eigenvalue weighted by molar-refractivity contribution is 8.00. The maximum absolute atomic E-state index is 12.7. The first-order valence-corrected chi connectivity index (χ1v) is 11.4. The van der Waals surface area contributed by atoms with Crippen molar-refractivity contribution in [2.45, 2.75) is 25.3 Å². The van der Waals surface area contributed by atoms with Gasteiger partial charge in [-0.25, -0.2) is 9.78 Å². The molecule has 0 aromatic carbocycles. The van der Waals surface area contributed by atoms with E-state index in [1.54, 1.807) is 6.92 Å². The molecule has 2 atom stereocenters. The molecule has 0 unspecified atom stereocenters. The highest BCUT2D eigenvalue weighted by Crippen LogP contribution is 2.40. The monoisotopic (exact) mass is 501 g/mol. The number of carbonyl (C=O) groups excluding carboxylic acids is 3. The van der Waals surface area contributed by atoms with Gasteiger partial charge >= 0.3 is 11.9 Å². The number of carboxylic acid groups (broad SMARTS) is 1. The minimum Gasteiger partial charge on any atom is -0.477 e. The minimum absolute atomic E-state index is 0.165. The molecule has 1 fully saturated rings. The van der Waals surface area contributed by atoms with E-state index in [0.29, 0.717) is 5.57 Å². The van der Waals surface area contributed by atoms with Gasteiger partial charge in [-0.3, -0.25) is 19.3 Å². The van der Waals surface area contributed by atoms with E-state index in [0.717, 1.165) is 16.2 Å². The summed E-state index contributed by atoms with van der Waals surface area (Å²) in [5.41, 5.74) is 5.67. The molecule has 0 spiro atoms. The van der Waals surface area contributed by atoms with Crippen molar-refractivity contribution in [3.05, 3.63) is 22.3 Å². The summed E-state index contributed by atoms with van der Waals surface area (Å²) < 4.78 is 4.88. The molecule has 2 aliphatic rings. The number of thioether (sulfide) groups is 1. The zero-order chi connectivity index (χ0) is 24.7. The molecular weight excluding hydrogens is 478 g/mol. The first-order chi connectivity index (χ1) is 15.7. The molecular formula is C18H23N5O8S2. The van der Waals surface area contributed by atoms with E-state index in [9.17, 15) is 24.3 Å². The van der Waals surface area contributed by atoms with Crippen LogP contribution in [0.3, 0.4) is 0 Å². The summed E-state index contributed by atoms with van der Waals surface area (Å²) in [5.74, 6) is -2.98. The Morgan fingerprint density at radius 1 is 1.42 bits per heavy atom. The normalized spacial score (nSPS) is 19.6. The van der Waals surface area contributed by atoms with Crippen molar-refractivity contribution in [2.24, 2.45) is 5.16 Å². The van der Waals surface area contributed by atoms with Crippen molar-refractivity contribution in [1.29, 1.82) is 0 Å². The summed E-state index contributed by atoms with van der Waals surface area (Å²) in [6.45, 7) is 2.91. The lowest BCUT2D eigenvalue weighted by Crippen LogP contribution is -2.71. The number of rotatable bonds is 7. The lowest BCUT2D eigenvalue weighted by Gasteiger charge is -2.49. The Morgan fingerprint density at radius 3 is 2.61 bits per heavy atom. The largest absolute Gasteiger partial charge is 0.477 e. The quantitative estimate of drug-likeness (QED) is 0.161. The Labute approximate surface area is 196 Å². The summed E-state index contributed by atoms with van der Waals surface area (Å²) in [5, 5.41) is 24.4. The zero-order valence-corrected chi connectivity index (χ0v) is 19.6. The van der Waals surface area contributed by atoms with Crippen LogP contribution in [0.1, 0.15) is 19.5 Å². The molecule has 13 nitrogen and oxygen atoms in total. The first kappa shape index (κ1) is 26.1. The second-order valence-corrected chi connectivity index (χ2v) is 8.40. The number of fused-ring (bicyclic) bond motifs is 1. The third-order valence-corrected chi connectivity index (χ3v) is 6.16. The highest BCUT2D eigenvalue weighted by Gasteiger charge is 2.54. The van der Waals surface area contributed by atoms with Crippen molar-refractivity contribution in [3.63, 3.8) is 0 Å². The fraction of sp³-hybridized carbons (Fsp3) is 0.444. The van der Waals surface area contributed by atoms with Gasteiger partial charge in [0.1, 0.15) is 36.5 Å². The fourth-order valence-corrected chi connectivity index (χ4v) is 4.76. The highest BCUT2D eigenvalue weighted by atomic mass is 32.2. The molecule has 0 radical (unpaired) electrons. The maximum Gasteiger partial charge on any atom is 0.352 e. The fourth-order valence-electron chi connectivity index (χ4n) is 2.88. The van der Waals surface area contributed by atoms with Crippen molar-refractivity contribution in [1.82, 2.24) is 15.2 Å². The van der Waals surface area contributed by atoms with E-state index in [1.807, 2.05) is 0 Å². The number of anilines is 1. The predicted octanol–water partition coefficient (Wildman–Crippen LogP) is -0.624. The van der Waals surface area contributed by atoms with Gasteiger partial charge < -0.3 is 30.8 Å². The van der Waals surface area contributed by atoms with Crippen LogP contribution in [0.5, 0.6) is 0 Å². The number of hydrogen-bond donors (Lipinski definition) is 4. The van der Waals surface area contributed by atoms with Gasteiger partial charge in [0.25, 0.3) is 11.8 Å². The topological polar surface area (TPSA) is 194 Å². The minimum atomic E-state index is -1.32. The predicted molar refractivity (Wildman–Crippen MR) is 119 cm³/mol. The van der Waals surface area contributed by atoms with Crippen LogP contribution in [0.4, 0.5) is 5.13 Å². The summed E-state index contributed by atoms with van der Waals surface area (Å²) >= 11 is 2.35. The Morgan fingerprint density at radius 2 is 2.09 bits per heavy atom. The average molecular weight is 502 g/mol. The van der Waals surface area contributed by atoms with Gasteiger partial charge in [-0.2, -0.15) is 0 Å². The van der Waals surface area contributed by atoms with E-state index in [4.69, 9.17) is 15.6 Å². The second kappa shape index (κ2) is 11.6. The second-order valence-electron chi connectivity index (χ2n) is 6.41. The number of nitrogen functional groups attached to an aromatic ring is 1. The molecule has 15 heteroatoms. The number of nitrogens with two attached hydrogens (primary N) is 1. The molecule has 1 saturated heterocycles. The van der Waals surface area contributed by atoms with Crippen molar-refractivity contribution < 1.29 is 39.0 Å². The molecule has 3 rings (SSSR count). The molecule has 3 heterocycles. The van der Waals surface area contributed by atoms with E-state index in [-0.39, 0.29) is 41.2 Å². The Kier molecular flexibility index (Phi) is 9.19. The van der Waals surface area contributed by atoms with Crippen LogP contribution in [-0.2, 0) is 28.8 Å². The summed E-state index contributed by atoms with van der Waals surface area (Å²) in [4.78, 5) is 57.8. The van der Waals surface area contributed by atoms with Gasteiger partial charge in [0.05, 0.1) is 0 Å². The number of carbonyl (C=O) groups is 4. The van der Waals surface area contributed by atoms with E-state index >= 15 is 0 Å². The lowest BCUT2D eigenvalue weighted by atomic mass is 10.0. The van der Waals surface area contributed by atoms with Gasteiger partial charge in [0, 0.05) is 30.2 Å². The number of oxime groups is 1. The van der Waals surface area contributed by atoms with E-state index in [2.05, 4.69) is 20.3 Å². The number of hydrogen-bond acceptors (Lipinski definition) is 12.